The zero-order chi connectivity index (χ0) is 16.3. The Morgan fingerprint density at radius 1 is 1.64 bits per heavy atom. The van der Waals surface area contributed by atoms with E-state index in [0.717, 1.165) is 6.20 Å². The number of ether oxygens (including phenoxy) is 2. The van der Waals surface area contributed by atoms with E-state index in [-0.39, 0.29) is 12.4 Å². The van der Waals surface area contributed by atoms with Crippen molar-refractivity contribution in [3.63, 3.8) is 0 Å². The highest BCUT2D eigenvalue weighted by atomic mass is 19.3. The van der Waals surface area contributed by atoms with Crippen LogP contribution in [0.25, 0.3) is 0 Å². The van der Waals surface area contributed by atoms with E-state index in [1.165, 1.54) is 13.2 Å². The van der Waals surface area contributed by atoms with E-state index < -0.39 is 30.0 Å². The van der Waals surface area contributed by atoms with Crippen LogP contribution in [0.2, 0.25) is 0 Å². The Hall–Kier alpha value is -1.62. The molecule has 124 valence electrons. The quantitative estimate of drug-likeness (QED) is 0.574. The molecule has 0 saturated carbocycles. The van der Waals surface area contributed by atoms with E-state index in [0.29, 0.717) is 17.7 Å². The van der Waals surface area contributed by atoms with Gasteiger partial charge in [-0.25, -0.2) is 4.79 Å². The van der Waals surface area contributed by atoms with Crippen molar-refractivity contribution >= 4 is 5.82 Å². The number of hydrogen-bond acceptors (Lipinski definition) is 7. The van der Waals surface area contributed by atoms with E-state index in [1.807, 2.05) is 0 Å². The number of aliphatic hydroxyl groups is 1. The van der Waals surface area contributed by atoms with E-state index >= 15 is 0 Å². The summed E-state index contributed by atoms with van der Waals surface area (Å²) >= 11 is 0. The zero-order valence-electron chi connectivity index (χ0n) is 11.9. The largest absolute Gasteiger partial charge is 0.384 e. The van der Waals surface area contributed by atoms with Crippen LogP contribution in [0.5, 0.6) is 0 Å². The van der Waals surface area contributed by atoms with Crippen molar-refractivity contribution in [3.8, 4) is 0 Å². The fourth-order valence-electron chi connectivity index (χ4n) is 2.16. The molecule has 22 heavy (non-hydrogen) atoms. The molecule has 1 aromatic rings. The van der Waals surface area contributed by atoms with Crippen LogP contribution in [-0.2, 0) is 9.47 Å². The molecule has 8 nitrogen and oxygen atoms in total. The van der Waals surface area contributed by atoms with Gasteiger partial charge in [0.05, 0.1) is 6.61 Å². The number of hydrogen-bond donors (Lipinski definition) is 3. The number of nitrogens with one attached hydrogen (secondary N) is 1. The van der Waals surface area contributed by atoms with Crippen molar-refractivity contribution in [3.05, 3.63) is 22.7 Å². The van der Waals surface area contributed by atoms with E-state index in [9.17, 15) is 18.7 Å². The molecule has 10 heteroatoms. The van der Waals surface area contributed by atoms with E-state index in [2.05, 4.69) is 10.3 Å². The molecule has 1 saturated heterocycles. The first-order valence-electron chi connectivity index (χ1n) is 6.63. The summed E-state index contributed by atoms with van der Waals surface area (Å²) in [6.07, 6.45) is -4.08. The van der Waals surface area contributed by atoms with Crippen LogP contribution in [-0.4, -0.2) is 59.6 Å². The van der Waals surface area contributed by atoms with Crippen LogP contribution in [0.15, 0.2) is 17.1 Å². The van der Waals surface area contributed by atoms with Gasteiger partial charge in [-0.05, 0) is 6.07 Å². The Labute approximate surface area is 124 Å². The molecule has 0 aliphatic carbocycles. The van der Waals surface area contributed by atoms with Crippen LogP contribution in [0.4, 0.5) is 14.6 Å². The van der Waals surface area contributed by atoms with Crippen molar-refractivity contribution in [2.45, 2.75) is 24.4 Å². The van der Waals surface area contributed by atoms with Crippen LogP contribution >= 0.6 is 0 Å². The fraction of sp³-hybridized carbons (Fsp3) is 0.667. The first-order valence-corrected chi connectivity index (χ1v) is 6.63. The number of halogens is 2. The molecule has 0 amide bonds. The summed E-state index contributed by atoms with van der Waals surface area (Å²) in [5.74, 6) is -3.71. The van der Waals surface area contributed by atoms with Gasteiger partial charge in [-0.2, -0.15) is 13.8 Å². The average Bonchev–Trinajstić information content (AvgIpc) is 2.67. The highest BCUT2D eigenvalue weighted by molar-refractivity contribution is 5.23. The minimum atomic E-state index is -3.63. The molecule has 0 aromatic carbocycles. The second kappa shape index (κ2) is 6.65. The highest BCUT2D eigenvalue weighted by Gasteiger charge is 2.59. The number of alkyl halides is 2. The average molecular weight is 320 g/mol. The normalized spacial score (nSPS) is 27.2. The van der Waals surface area contributed by atoms with Gasteiger partial charge in [0, 0.05) is 26.4 Å². The maximum Gasteiger partial charge on any atom is 0.351 e. The number of nitrogens with two attached hydrogens (primary N) is 1. The second-order valence-electron chi connectivity index (χ2n) is 4.89. The van der Waals surface area contributed by atoms with Gasteiger partial charge >= 0.3 is 11.6 Å². The van der Waals surface area contributed by atoms with Crippen molar-refractivity contribution < 1.29 is 23.4 Å². The standard InChI is InChI=1S/C12H18F2N4O4/c1-21-5-3-16-6-7-9(19)12(13,14)10(22-7)18-4-2-8(15)17-11(18)20/h2,4,7,9-10,16,19H,3,5-6H2,1H3,(H2,15,17,20)/t7-,9-,10?/m1/s1. The van der Waals surface area contributed by atoms with Gasteiger partial charge in [-0.3, -0.25) is 4.57 Å². The minimum Gasteiger partial charge on any atom is -0.384 e. The lowest BCUT2D eigenvalue weighted by Gasteiger charge is -2.20. The number of aliphatic hydroxyl groups excluding tert-OH is 1. The van der Waals surface area contributed by atoms with Crippen LogP contribution in [0, 0.1) is 0 Å². The molecule has 2 heterocycles. The van der Waals surface area contributed by atoms with Crippen molar-refractivity contribution in [1.29, 1.82) is 0 Å². The van der Waals surface area contributed by atoms with Gasteiger partial charge < -0.3 is 25.6 Å². The van der Waals surface area contributed by atoms with Crippen LogP contribution in [0.1, 0.15) is 6.23 Å². The minimum absolute atomic E-state index is 0.00618. The summed E-state index contributed by atoms with van der Waals surface area (Å²) in [7, 11) is 1.51. The van der Waals surface area contributed by atoms with Crippen molar-refractivity contribution in [2.75, 3.05) is 32.5 Å². The molecule has 2 rings (SSSR count). The summed E-state index contributed by atoms with van der Waals surface area (Å²) in [5.41, 5.74) is 4.35. The van der Waals surface area contributed by atoms with E-state index in [4.69, 9.17) is 15.2 Å². The van der Waals surface area contributed by atoms with Gasteiger partial charge in [0.15, 0.2) is 0 Å². The summed E-state index contributed by atoms with van der Waals surface area (Å²) in [6.45, 7) is 0.806. The topological polar surface area (TPSA) is 112 Å². The van der Waals surface area contributed by atoms with Gasteiger partial charge in [0.25, 0.3) is 0 Å². The highest BCUT2D eigenvalue weighted by Crippen LogP contribution is 2.41. The SMILES string of the molecule is COCCNC[C@H]1OC(n2ccc(N)nc2=O)C(F)(F)[C@@H]1O. The first kappa shape index (κ1) is 16.7. The number of aromatic nitrogens is 2. The number of nitrogen functional groups attached to an aromatic ring is 1. The van der Waals surface area contributed by atoms with Crippen LogP contribution in [0.3, 0.4) is 0 Å². The summed E-state index contributed by atoms with van der Waals surface area (Å²) in [6, 6.07) is 1.21. The molecule has 4 N–H and O–H groups in total. The number of nitrogens with zero attached hydrogens (tertiary/aromatic N) is 2. The van der Waals surface area contributed by atoms with Gasteiger partial charge in [0.1, 0.15) is 18.0 Å². The molecule has 1 aromatic heterocycles. The maximum absolute atomic E-state index is 14.1. The Morgan fingerprint density at radius 3 is 3.00 bits per heavy atom. The van der Waals surface area contributed by atoms with Crippen LogP contribution < -0.4 is 16.7 Å². The summed E-state index contributed by atoms with van der Waals surface area (Å²) < 4.78 is 38.9. The first-order chi connectivity index (χ1) is 10.4. The smallest absolute Gasteiger partial charge is 0.351 e. The predicted molar refractivity (Wildman–Crippen MR) is 72.5 cm³/mol. The molecule has 1 aliphatic rings. The molecule has 0 spiro atoms. The summed E-state index contributed by atoms with van der Waals surface area (Å²) in [4.78, 5) is 15.1. The van der Waals surface area contributed by atoms with Crippen molar-refractivity contribution in [2.24, 2.45) is 0 Å². The number of methoxy groups -OCH3 is 1. The lowest BCUT2D eigenvalue weighted by Crippen LogP contribution is -2.43. The Bertz CT molecular complexity index is 568. The van der Waals surface area contributed by atoms with E-state index in [1.54, 1.807) is 0 Å². The zero-order valence-corrected chi connectivity index (χ0v) is 11.9. The lowest BCUT2D eigenvalue weighted by molar-refractivity contribution is -0.140. The molecule has 1 aliphatic heterocycles. The Kier molecular flexibility index (Phi) is 5.06. The molecule has 3 atom stereocenters. The van der Waals surface area contributed by atoms with Gasteiger partial charge in [-0.1, -0.05) is 0 Å². The Morgan fingerprint density at radius 2 is 2.36 bits per heavy atom. The summed E-state index contributed by atoms with van der Waals surface area (Å²) in [5, 5.41) is 12.6. The molecular formula is C12H18F2N4O4. The monoisotopic (exact) mass is 320 g/mol. The third kappa shape index (κ3) is 3.24. The molecule has 1 fully saturated rings. The Balaban J connectivity index is 2.13. The number of rotatable bonds is 6. The molecule has 0 radical (unpaired) electrons. The number of anilines is 1. The lowest BCUT2D eigenvalue weighted by atomic mass is 10.1. The molecule has 0 bridgehead atoms. The second-order valence-corrected chi connectivity index (χ2v) is 4.89. The van der Waals surface area contributed by atoms with Crippen molar-refractivity contribution in [1.82, 2.24) is 14.9 Å². The van der Waals surface area contributed by atoms with Gasteiger partial charge in [-0.15, -0.1) is 0 Å². The third-order valence-electron chi connectivity index (χ3n) is 3.31. The molecule has 1 unspecified atom stereocenters. The van der Waals surface area contributed by atoms with Gasteiger partial charge in [0.2, 0.25) is 6.23 Å². The third-order valence-corrected chi connectivity index (χ3v) is 3.31. The molecular weight excluding hydrogens is 302 g/mol. The maximum atomic E-state index is 14.1. The predicted octanol–water partition coefficient (Wildman–Crippen LogP) is -1.04. The fourth-order valence-corrected chi connectivity index (χ4v) is 2.16.